The fourth-order valence-electron chi connectivity index (χ4n) is 2.74. The average Bonchev–Trinajstić information content (AvgIpc) is 3.27. The van der Waals surface area contributed by atoms with Crippen LogP contribution in [0.5, 0.6) is 0 Å². The molecule has 0 atom stereocenters. The topological polar surface area (TPSA) is 77.1 Å². The van der Waals surface area contributed by atoms with Gasteiger partial charge in [-0.1, -0.05) is 0 Å². The van der Waals surface area contributed by atoms with Gasteiger partial charge in [0.05, 0.1) is 11.9 Å². The Balaban J connectivity index is 1.82. The molecular formula is C18H13F3N6O. The van der Waals surface area contributed by atoms with Crippen LogP contribution < -0.4 is 5.32 Å². The lowest BCUT2D eigenvalue weighted by Crippen LogP contribution is -2.13. The van der Waals surface area contributed by atoms with Crippen LogP contribution >= 0.6 is 0 Å². The predicted octanol–water partition coefficient (Wildman–Crippen LogP) is 3.46. The van der Waals surface area contributed by atoms with Gasteiger partial charge in [-0.25, -0.2) is 22.7 Å². The Bertz CT molecular complexity index is 1170. The first-order chi connectivity index (χ1) is 13.4. The lowest BCUT2D eigenvalue weighted by Gasteiger charge is -2.08. The number of halogens is 3. The maximum atomic E-state index is 13.6. The first-order valence-electron chi connectivity index (χ1n) is 8.16. The van der Waals surface area contributed by atoms with Crippen molar-refractivity contribution in [2.45, 2.75) is 6.43 Å². The summed E-state index contributed by atoms with van der Waals surface area (Å²) in [7, 11) is 1.69. The molecule has 0 aliphatic carbocycles. The Morgan fingerprint density at radius 3 is 2.57 bits per heavy atom. The van der Waals surface area contributed by atoms with E-state index in [1.807, 2.05) is 0 Å². The SMILES string of the molecule is Cn1ccc(NC(=O)c2cnn3c(C(F)F)cc(-c4ccc(F)cc4)nc23)n1. The van der Waals surface area contributed by atoms with Crippen LogP contribution in [0, 0.1) is 5.82 Å². The van der Waals surface area contributed by atoms with Crippen molar-refractivity contribution in [1.29, 1.82) is 0 Å². The highest BCUT2D eigenvalue weighted by atomic mass is 19.3. The molecule has 4 rings (SSSR count). The number of carbonyl (C=O) groups is 1. The number of rotatable bonds is 4. The molecule has 0 bridgehead atoms. The number of hydrogen-bond donors (Lipinski definition) is 1. The van der Waals surface area contributed by atoms with E-state index in [1.54, 1.807) is 19.3 Å². The van der Waals surface area contributed by atoms with Crippen LogP contribution in [-0.4, -0.2) is 30.3 Å². The molecule has 0 saturated carbocycles. The Labute approximate surface area is 156 Å². The van der Waals surface area contributed by atoms with Gasteiger partial charge in [-0.05, 0) is 30.3 Å². The maximum absolute atomic E-state index is 13.6. The second kappa shape index (κ2) is 6.80. The van der Waals surface area contributed by atoms with Gasteiger partial charge in [0.15, 0.2) is 11.5 Å². The fourth-order valence-corrected chi connectivity index (χ4v) is 2.74. The fraction of sp³-hybridized carbons (Fsp3) is 0.111. The minimum absolute atomic E-state index is 0.0107. The van der Waals surface area contributed by atoms with Gasteiger partial charge < -0.3 is 5.32 Å². The summed E-state index contributed by atoms with van der Waals surface area (Å²) in [6.07, 6.45) is -0.0387. The van der Waals surface area contributed by atoms with Crippen LogP contribution in [0.25, 0.3) is 16.9 Å². The number of nitrogens with zero attached hydrogens (tertiary/aromatic N) is 5. The molecule has 4 aromatic rings. The van der Waals surface area contributed by atoms with Crippen LogP contribution in [0.2, 0.25) is 0 Å². The predicted molar refractivity (Wildman–Crippen MR) is 94.5 cm³/mol. The highest BCUT2D eigenvalue weighted by Gasteiger charge is 2.22. The molecule has 3 heterocycles. The summed E-state index contributed by atoms with van der Waals surface area (Å²) in [6.45, 7) is 0. The van der Waals surface area contributed by atoms with E-state index < -0.39 is 23.8 Å². The van der Waals surface area contributed by atoms with Crippen molar-refractivity contribution >= 4 is 17.4 Å². The normalized spacial score (nSPS) is 11.3. The molecule has 1 aromatic carbocycles. The number of carbonyl (C=O) groups excluding carboxylic acids is 1. The molecule has 10 heteroatoms. The first-order valence-corrected chi connectivity index (χ1v) is 8.16. The summed E-state index contributed by atoms with van der Waals surface area (Å²) < 4.78 is 42.7. The maximum Gasteiger partial charge on any atom is 0.280 e. The summed E-state index contributed by atoms with van der Waals surface area (Å²) in [5.74, 6) is -0.744. The van der Waals surface area contributed by atoms with Crippen LogP contribution in [0.1, 0.15) is 22.5 Å². The van der Waals surface area contributed by atoms with E-state index in [0.717, 1.165) is 4.52 Å². The van der Waals surface area contributed by atoms with Crippen LogP contribution in [0.4, 0.5) is 19.0 Å². The molecule has 0 radical (unpaired) electrons. The number of aromatic nitrogens is 5. The van der Waals surface area contributed by atoms with Crippen molar-refractivity contribution in [2.75, 3.05) is 5.32 Å². The van der Waals surface area contributed by atoms with Gasteiger partial charge in [0.2, 0.25) is 0 Å². The van der Waals surface area contributed by atoms with E-state index in [-0.39, 0.29) is 16.9 Å². The highest BCUT2D eigenvalue weighted by molar-refractivity contribution is 6.07. The molecule has 1 N–H and O–H groups in total. The van der Waals surface area contributed by atoms with Gasteiger partial charge in [0.1, 0.15) is 17.1 Å². The molecule has 1 amide bonds. The summed E-state index contributed by atoms with van der Waals surface area (Å²) in [6, 6.07) is 8.01. The molecular weight excluding hydrogens is 373 g/mol. The van der Waals surface area contributed by atoms with E-state index in [4.69, 9.17) is 0 Å². The molecule has 0 fully saturated rings. The van der Waals surface area contributed by atoms with Crippen molar-refractivity contribution in [1.82, 2.24) is 24.4 Å². The highest BCUT2D eigenvalue weighted by Crippen LogP contribution is 2.27. The molecule has 3 aromatic heterocycles. The number of fused-ring (bicyclic) bond motifs is 1. The molecule has 0 aliphatic rings. The van der Waals surface area contributed by atoms with E-state index in [1.165, 1.54) is 41.2 Å². The Morgan fingerprint density at radius 2 is 1.93 bits per heavy atom. The van der Waals surface area contributed by atoms with E-state index in [9.17, 15) is 18.0 Å². The standard InChI is InChI=1S/C18H13F3N6O/c1-26-7-6-15(25-26)24-18(28)12-9-22-27-14(16(20)21)8-13(23-17(12)27)10-2-4-11(19)5-3-10/h2-9,16H,1H3,(H,24,25,28). The van der Waals surface area contributed by atoms with Gasteiger partial charge in [-0.15, -0.1) is 0 Å². The first kappa shape index (κ1) is 17.7. The second-order valence-electron chi connectivity index (χ2n) is 6.00. The molecule has 28 heavy (non-hydrogen) atoms. The van der Waals surface area contributed by atoms with Gasteiger partial charge in [0, 0.05) is 24.9 Å². The zero-order valence-electron chi connectivity index (χ0n) is 14.5. The van der Waals surface area contributed by atoms with E-state index in [2.05, 4.69) is 20.5 Å². The zero-order valence-corrected chi connectivity index (χ0v) is 14.5. The Hall–Kier alpha value is -3.69. The zero-order chi connectivity index (χ0) is 19.8. The molecule has 7 nitrogen and oxygen atoms in total. The molecule has 0 unspecified atom stereocenters. The van der Waals surface area contributed by atoms with Crippen molar-refractivity contribution in [3.63, 3.8) is 0 Å². The Kier molecular flexibility index (Phi) is 4.30. The number of alkyl halides is 2. The molecule has 0 saturated heterocycles. The van der Waals surface area contributed by atoms with Crippen LogP contribution in [0.15, 0.2) is 48.8 Å². The van der Waals surface area contributed by atoms with E-state index in [0.29, 0.717) is 11.4 Å². The van der Waals surface area contributed by atoms with Crippen molar-refractivity contribution in [3.8, 4) is 11.3 Å². The lowest BCUT2D eigenvalue weighted by molar-refractivity contribution is 0.102. The van der Waals surface area contributed by atoms with Crippen molar-refractivity contribution < 1.29 is 18.0 Å². The number of nitrogens with one attached hydrogen (secondary N) is 1. The van der Waals surface area contributed by atoms with Crippen LogP contribution in [0.3, 0.4) is 0 Å². The molecule has 142 valence electrons. The minimum atomic E-state index is -2.85. The van der Waals surface area contributed by atoms with Gasteiger partial charge in [-0.2, -0.15) is 10.2 Å². The summed E-state index contributed by atoms with van der Waals surface area (Å²) >= 11 is 0. The summed E-state index contributed by atoms with van der Waals surface area (Å²) in [5, 5.41) is 10.5. The lowest BCUT2D eigenvalue weighted by atomic mass is 10.1. The third-order valence-electron chi connectivity index (χ3n) is 4.06. The van der Waals surface area contributed by atoms with Crippen molar-refractivity contribution in [3.05, 3.63) is 65.9 Å². The summed E-state index contributed by atoms with van der Waals surface area (Å²) in [4.78, 5) is 16.9. The number of anilines is 1. The minimum Gasteiger partial charge on any atom is -0.305 e. The van der Waals surface area contributed by atoms with E-state index >= 15 is 0 Å². The number of aryl methyl sites for hydroxylation is 1. The summed E-state index contributed by atoms with van der Waals surface area (Å²) in [5.41, 5.74) is 0.154. The van der Waals surface area contributed by atoms with Crippen LogP contribution in [-0.2, 0) is 7.05 Å². The van der Waals surface area contributed by atoms with Gasteiger partial charge in [0.25, 0.3) is 12.3 Å². The van der Waals surface area contributed by atoms with Crippen molar-refractivity contribution in [2.24, 2.45) is 7.05 Å². The average molecular weight is 386 g/mol. The third-order valence-corrected chi connectivity index (χ3v) is 4.06. The number of amides is 1. The quantitative estimate of drug-likeness (QED) is 0.583. The molecule has 0 aliphatic heterocycles. The number of hydrogen-bond acceptors (Lipinski definition) is 4. The van der Waals surface area contributed by atoms with Gasteiger partial charge >= 0.3 is 0 Å². The number of benzene rings is 1. The van der Waals surface area contributed by atoms with Gasteiger partial charge in [-0.3, -0.25) is 9.48 Å². The largest absolute Gasteiger partial charge is 0.305 e. The molecule has 0 spiro atoms. The third kappa shape index (κ3) is 3.20. The Morgan fingerprint density at radius 1 is 1.18 bits per heavy atom. The second-order valence-corrected chi connectivity index (χ2v) is 6.00. The monoisotopic (exact) mass is 386 g/mol. The smallest absolute Gasteiger partial charge is 0.280 e.